The molecule has 0 heterocycles. The fourth-order valence-electron chi connectivity index (χ4n) is 2.53. The predicted molar refractivity (Wildman–Crippen MR) is 116 cm³/mol. The molecule has 2 amide bonds. The van der Waals surface area contributed by atoms with Gasteiger partial charge in [-0.3, -0.25) is 19.7 Å². The van der Waals surface area contributed by atoms with Gasteiger partial charge in [-0.1, -0.05) is 17.7 Å². The Kier molecular flexibility index (Phi) is 6.58. The van der Waals surface area contributed by atoms with Crippen LogP contribution in [0.15, 0.2) is 71.8 Å². The fourth-order valence-corrected chi connectivity index (χ4v) is 2.65. The van der Waals surface area contributed by atoms with E-state index in [1.54, 1.807) is 36.4 Å². The van der Waals surface area contributed by atoms with Crippen LogP contribution in [0.4, 0.5) is 11.4 Å². The number of halogens is 1. The largest absolute Gasteiger partial charge is 0.507 e. The first-order valence-electron chi connectivity index (χ1n) is 8.81. The van der Waals surface area contributed by atoms with Gasteiger partial charge in [0, 0.05) is 39.5 Å². The van der Waals surface area contributed by atoms with Gasteiger partial charge in [-0.25, -0.2) is 5.43 Å². The molecule has 0 radical (unpaired) electrons. The van der Waals surface area contributed by atoms with E-state index in [9.17, 15) is 24.8 Å². The van der Waals surface area contributed by atoms with Crippen LogP contribution in [0.5, 0.6) is 5.75 Å². The van der Waals surface area contributed by atoms with Crippen molar-refractivity contribution in [1.82, 2.24) is 5.43 Å². The molecule has 0 unspecified atom stereocenters. The second-order valence-electron chi connectivity index (χ2n) is 6.24. The van der Waals surface area contributed by atoms with Gasteiger partial charge in [0.05, 0.1) is 11.1 Å². The summed E-state index contributed by atoms with van der Waals surface area (Å²) < 4.78 is 0. The van der Waals surface area contributed by atoms with Crippen molar-refractivity contribution in [1.29, 1.82) is 0 Å². The summed E-state index contributed by atoms with van der Waals surface area (Å²) in [5, 5.41) is 27.5. The number of nitrogens with one attached hydrogen (secondary N) is 2. The van der Waals surface area contributed by atoms with Crippen molar-refractivity contribution in [2.24, 2.45) is 5.10 Å². The Morgan fingerprint density at radius 2 is 1.74 bits per heavy atom. The lowest BCUT2D eigenvalue weighted by atomic mass is 10.1. The molecule has 0 aliphatic heterocycles. The van der Waals surface area contributed by atoms with E-state index >= 15 is 0 Å². The minimum absolute atomic E-state index is 0.0680. The highest BCUT2D eigenvalue weighted by Gasteiger charge is 2.11. The molecule has 0 aliphatic rings. The van der Waals surface area contributed by atoms with Crippen molar-refractivity contribution in [2.75, 3.05) is 5.32 Å². The maximum absolute atomic E-state index is 12.3. The van der Waals surface area contributed by atoms with E-state index in [0.717, 1.165) is 24.4 Å². The lowest BCUT2D eigenvalue weighted by Crippen LogP contribution is -2.18. The number of hydrogen-bond acceptors (Lipinski definition) is 6. The number of carbonyl (C=O) groups excluding carboxylic acids is 2. The Hall–Kier alpha value is -4.24. The summed E-state index contributed by atoms with van der Waals surface area (Å²) in [6.07, 6.45) is 1.09. The monoisotopic (exact) mass is 438 g/mol. The Morgan fingerprint density at radius 1 is 1.00 bits per heavy atom. The van der Waals surface area contributed by atoms with Gasteiger partial charge in [0.15, 0.2) is 0 Å². The zero-order valence-corrected chi connectivity index (χ0v) is 16.5. The van der Waals surface area contributed by atoms with E-state index in [1.807, 2.05) is 0 Å². The summed E-state index contributed by atoms with van der Waals surface area (Å²) >= 11 is 5.81. The predicted octanol–water partition coefficient (Wildman–Crippen LogP) is 3.97. The Bertz CT molecular complexity index is 1180. The molecule has 156 valence electrons. The minimum atomic E-state index is -0.612. The Balaban J connectivity index is 1.67. The van der Waals surface area contributed by atoms with Crippen LogP contribution in [0.25, 0.3) is 0 Å². The molecule has 0 aromatic heterocycles. The number of nitro benzene ring substituents is 1. The second-order valence-corrected chi connectivity index (χ2v) is 6.68. The summed E-state index contributed by atoms with van der Waals surface area (Å²) in [4.78, 5) is 34.8. The van der Waals surface area contributed by atoms with Gasteiger partial charge in [-0.2, -0.15) is 5.10 Å². The van der Waals surface area contributed by atoms with E-state index in [1.165, 1.54) is 12.1 Å². The van der Waals surface area contributed by atoms with E-state index in [2.05, 4.69) is 15.8 Å². The zero-order chi connectivity index (χ0) is 22.4. The van der Waals surface area contributed by atoms with Crippen LogP contribution in [0.3, 0.4) is 0 Å². The zero-order valence-electron chi connectivity index (χ0n) is 15.8. The molecule has 0 spiro atoms. The number of carbonyl (C=O) groups is 2. The number of phenols is 1. The summed E-state index contributed by atoms with van der Waals surface area (Å²) in [7, 11) is 0. The molecule has 3 aromatic carbocycles. The number of aromatic hydroxyl groups is 1. The molecule has 0 fully saturated rings. The standard InChI is InChI=1S/C21H15ClN4O5/c22-16-6-4-13(5-7-16)20(28)24-17-3-1-2-14(10-17)21(29)25-23-12-15-11-18(26(30)31)8-9-19(15)27/h1-12,27H,(H,24,28)(H,25,29)/b23-12+. The van der Waals surface area contributed by atoms with Gasteiger partial charge in [0.2, 0.25) is 0 Å². The number of hydrazone groups is 1. The molecule has 0 atom stereocenters. The van der Waals surface area contributed by atoms with Crippen LogP contribution in [0.1, 0.15) is 26.3 Å². The van der Waals surface area contributed by atoms with Crippen molar-refractivity contribution in [3.05, 3.63) is 98.6 Å². The van der Waals surface area contributed by atoms with Gasteiger partial charge < -0.3 is 10.4 Å². The van der Waals surface area contributed by atoms with Crippen molar-refractivity contribution in [2.45, 2.75) is 0 Å². The van der Waals surface area contributed by atoms with Crippen LogP contribution in [0, 0.1) is 10.1 Å². The number of rotatable bonds is 6. The molecular weight excluding hydrogens is 424 g/mol. The SMILES string of the molecule is O=C(N/N=C/c1cc([N+](=O)[O-])ccc1O)c1cccc(NC(=O)c2ccc(Cl)cc2)c1. The van der Waals surface area contributed by atoms with Crippen molar-refractivity contribution in [3.63, 3.8) is 0 Å². The van der Waals surface area contributed by atoms with Gasteiger partial charge in [0.1, 0.15) is 5.75 Å². The van der Waals surface area contributed by atoms with Gasteiger partial charge in [-0.05, 0) is 48.5 Å². The number of benzene rings is 3. The number of nitrogens with zero attached hydrogens (tertiary/aromatic N) is 2. The molecule has 10 heteroatoms. The summed E-state index contributed by atoms with van der Waals surface area (Å²) in [5.74, 6) is -1.17. The van der Waals surface area contributed by atoms with Crippen LogP contribution in [0.2, 0.25) is 5.02 Å². The molecule has 0 aliphatic carbocycles. The summed E-state index contributed by atoms with van der Waals surface area (Å²) in [6, 6.07) is 16.0. The highest BCUT2D eigenvalue weighted by Crippen LogP contribution is 2.21. The number of nitro groups is 1. The molecule has 3 N–H and O–H groups in total. The van der Waals surface area contributed by atoms with E-state index in [0.29, 0.717) is 16.3 Å². The molecule has 3 aromatic rings. The van der Waals surface area contributed by atoms with Crippen LogP contribution < -0.4 is 10.7 Å². The molecule has 31 heavy (non-hydrogen) atoms. The third-order valence-corrected chi connectivity index (χ3v) is 4.33. The van der Waals surface area contributed by atoms with Crippen molar-refractivity contribution in [3.8, 4) is 5.75 Å². The lowest BCUT2D eigenvalue weighted by molar-refractivity contribution is -0.384. The number of anilines is 1. The van der Waals surface area contributed by atoms with Gasteiger partial charge in [0.25, 0.3) is 17.5 Å². The second kappa shape index (κ2) is 9.51. The van der Waals surface area contributed by atoms with Gasteiger partial charge >= 0.3 is 0 Å². The van der Waals surface area contributed by atoms with Crippen LogP contribution in [-0.2, 0) is 0 Å². The molecule has 3 rings (SSSR count). The van der Waals surface area contributed by atoms with E-state index < -0.39 is 10.8 Å². The number of hydrogen-bond donors (Lipinski definition) is 3. The highest BCUT2D eigenvalue weighted by molar-refractivity contribution is 6.30. The third kappa shape index (κ3) is 5.64. The van der Waals surface area contributed by atoms with Crippen molar-refractivity contribution >= 4 is 41.0 Å². The normalized spacial score (nSPS) is 10.6. The number of non-ortho nitro benzene ring substituents is 1. The smallest absolute Gasteiger partial charge is 0.271 e. The maximum Gasteiger partial charge on any atom is 0.271 e. The van der Waals surface area contributed by atoms with Crippen molar-refractivity contribution < 1.29 is 19.6 Å². The first-order chi connectivity index (χ1) is 14.8. The number of amides is 2. The van der Waals surface area contributed by atoms with E-state index in [-0.39, 0.29) is 28.5 Å². The Morgan fingerprint density at radius 3 is 2.45 bits per heavy atom. The van der Waals surface area contributed by atoms with Crippen LogP contribution >= 0.6 is 11.6 Å². The quantitative estimate of drug-likeness (QED) is 0.304. The summed E-state index contributed by atoms with van der Waals surface area (Å²) in [5.41, 5.74) is 3.12. The highest BCUT2D eigenvalue weighted by atomic mass is 35.5. The summed E-state index contributed by atoms with van der Waals surface area (Å²) in [6.45, 7) is 0. The maximum atomic E-state index is 12.3. The first kappa shape index (κ1) is 21.5. The molecule has 9 nitrogen and oxygen atoms in total. The third-order valence-electron chi connectivity index (χ3n) is 4.08. The fraction of sp³-hybridized carbons (Fsp3) is 0. The molecule has 0 bridgehead atoms. The number of phenolic OH excluding ortho intramolecular Hbond substituents is 1. The minimum Gasteiger partial charge on any atom is -0.507 e. The molecular formula is C21H15ClN4O5. The first-order valence-corrected chi connectivity index (χ1v) is 9.19. The van der Waals surface area contributed by atoms with Crippen LogP contribution in [-0.4, -0.2) is 28.1 Å². The topological polar surface area (TPSA) is 134 Å². The van der Waals surface area contributed by atoms with E-state index in [4.69, 9.17) is 11.6 Å². The Labute approximate surface area is 181 Å². The molecule has 0 saturated carbocycles. The lowest BCUT2D eigenvalue weighted by Gasteiger charge is -2.07. The average molecular weight is 439 g/mol. The van der Waals surface area contributed by atoms with Gasteiger partial charge in [-0.15, -0.1) is 0 Å². The molecule has 0 saturated heterocycles. The average Bonchev–Trinajstić information content (AvgIpc) is 2.75.